The molecule has 4 nitrogen and oxygen atoms in total. The van der Waals surface area contributed by atoms with Crippen LogP contribution in [0.4, 0.5) is 0 Å². The molecule has 1 amide bonds. The van der Waals surface area contributed by atoms with Crippen LogP contribution in [0.1, 0.15) is 31.9 Å². The van der Waals surface area contributed by atoms with Gasteiger partial charge in [-0.2, -0.15) is 0 Å². The zero-order valence-corrected chi connectivity index (χ0v) is 15.1. The summed E-state index contributed by atoms with van der Waals surface area (Å²) >= 11 is 1.43. The largest absolute Gasteiger partial charge is 0.339 e. The Morgan fingerprint density at radius 1 is 1.25 bits per heavy atom. The minimum Gasteiger partial charge on any atom is -0.339 e. The summed E-state index contributed by atoms with van der Waals surface area (Å²) in [6.45, 7) is 4.98. The molecule has 0 radical (unpaired) electrons. The molecule has 24 heavy (non-hydrogen) atoms. The van der Waals surface area contributed by atoms with Crippen LogP contribution in [-0.2, 0) is 4.79 Å². The highest BCUT2D eigenvalue weighted by molar-refractivity contribution is 7.99. The number of likely N-dealkylation sites (tertiary alicyclic amines) is 1. The molecule has 2 aromatic rings. The number of piperidine rings is 1. The molecule has 126 valence electrons. The van der Waals surface area contributed by atoms with E-state index in [1.165, 1.54) is 18.2 Å². The van der Waals surface area contributed by atoms with E-state index in [9.17, 15) is 4.79 Å². The van der Waals surface area contributed by atoms with Crippen molar-refractivity contribution < 1.29 is 4.79 Å². The zero-order valence-electron chi connectivity index (χ0n) is 14.2. The maximum absolute atomic E-state index is 12.5. The third-order valence-electron chi connectivity index (χ3n) is 4.35. The number of benzene rings is 1. The summed E-state index contributed by atoms with van der Waals surface area (Å²) in [5.74, 6) is 0.598. The van der Waals surface area contributed by atoms with Gasteiger partial charge in [-0.3, -0.25) is 4.79 Å². The Morgan fingerprint density at radius 2 is 2.04 bits per heavy atom. The summed E-state index contributed by atoms with van der Waals surface area (Å²) in [6, 6.07) is 12.4. The average Bonchev–Trinajstić information content (AvgIpc) is 2.60. The number of amides is 1. The maximum atomic E-state index is 12.5. The number of hydrogen-bond acceptors (Lipinski definition) is 4. The second kappa shape index (κ2) is 7.79. The highest BCUT2D eigenvalue weighted by atomic mass is 32.2. The quantitative estimate of drug-likeness (QED) is 0.624. The van der Waals surface area contributed by atoms with Gasteiger partial charge in [-0.05, 0) is 39.2 Å². The van der Waals surface area contributed by atoms with Crippen LogP contribution < -0.4 is 0 Å². The van der Waals surface area contributed by atoms with Crippen molar-refractivity contribution in [2.45, 2.75) is 44.3 Å². The van der Waals surface area contributed by atoms with Crippen molar-refractivity contribution in [2.24, 2.45) is 0 Å². The van der Waals surface area contributed by atoms with Gasteiger partial charge in [0.25, 0.3) is 0 Å². The van der Waals surface area contributed by atoms with E-state index in [2.05, 4.69) is 16.9 Å². The maximum Gasteiger partial charge on any atom is 0.233 e. The van der Waals surface area contributed by atoms with Crippen LogP contribution in [0.25, 0.3) is 11.3 Å². The number of nitrogens with zero attached hydrogens (tertiary/aromatic N) is 3. The number of hydrogen-bond donors (Lipinski definition) is 0. The standard InChI is InChI=1S/C19H23N3OS/c1-14-12-17(16-9-4-3-5-10-16)21-19(20-14)24-13-18(23)22-11-7-6-8-15(22)2/h3-5,9-10,12,15H,6-8,11,13H2,1-2H3/t15-/m1/s1. The second-order valence-corrected chi connectivity index (χ2v) is 7.21. The van der Waals surface area contributed by atoms with Gasteiger partial charge in [0.05, 0.1) is 11.4 Å². The van der Waals surface area contributed by atoms with Gasteiger partial charge in [-0.25, -0.2) is 9.97 Å². The molecule has 5 heteroatoms. The van der Waals surface area contributed by atoms with Gasteiger partial charge in [0.15, 0.2) is 5.16 Å². The van der Waals surface area contributed by atoms with E-state index < -0.39 is 0 Å². The molecular formula is C19H23N3OS. The minimum atomic E-state index is 0.193. The number of thioether (sulfide) groups is 1. The number of aryl methyl sites for hydroxylation is 1. The Bertz CT molecular complexity index is 705. The van der Waals surface area contributed by atoms with Crippen molar-refractivity contribution in [1.29, 1.82) is 0 Å². The summed E-state index contributed by atoms with van der Waals surface area (Å²) in [5, 5.41) is 0.673. The zero-order chi connectivity index (χ0) is 16.9. The highest BCUT2D eigenvalue weighted by Gasteiger charge is 2.23. The molecule has 0 spiro atoms. The lowest BCUT2D eigenvalue weighted by Crippen LogP contribution is -2.42. The third kappa shape index (κ3) is 4.15. The number of carbonyl (C=O) groups excluding carboxylic acids is 1. The van der Waals surface area contributed by atoms with Crippen molar-refractivity contribution in [3.63, 3.8) is 0 Å². The molecule has 1 saturated heterocycles. The molecule has 2 heterocycles. The predicted octanol–water partition coefficient (Wildman–Crippen LogP) is 3.95. The minimum absolute atomic E-state index is 0.193. The molecular weight excluding hydrogens is 318 g/mol. The summed E-state index contributed by atoms with van der Waals surface area (Å²) in [5.41, 5.74) is 2.90. The molecule has 1 aliphatic rings. The first-order valence-electron chi connectivity index (χ1n) is 8.47. The molecule has 0 N–H and O–H groups in total. The first-order valence-corrected chi connectivity index (χ1v) is 9.45. The molecule has 3 rings (SSSR count). The van der Waals surface area contributed by atoms with Crippen molar-refractivity contribution >= 4 is 17.7 Å². The SMILES string of the molecule is Cc1cc(-c2ccccc2)nc(SCC(=O)N2CCCC[C@H]2C)n1. The van der Waals surface area contributed by atoms with Gasteiger partial charge in [-0.1, -0.05) is 42.1 Å². The third-order valence-corrected chi connectivity index (χ3v) is 5.18. The Balaban J connectivity index is 1.69. The molecule has 0 saturated carbocycles. The number of rotatable bonds is 4. The second-order valence-electron chi connectivity index (χ2n) is 6.26. The predicted molar refractivity (Wildman–Crippen MR) is 98.0 cm³/mol. The molecule has 1 atom stereocenters. The lowest BCUT2D eigenvalue weighted by molar-refractivity contribution is -0.131. The monoisotopic (exact) mass is 341 g/mol. The van der Waals surface area contributed by atoms with Crippen LogP contribution in [-0.4, -0.2) is 39.1 Å². The van der Waals surface area contributed by atoms with Gasteiger partial charge in [-0.15, -0.1) is 0 Å². The van der Waals surface area contributed by atoms with E-state index in [0.717, 1.165) is 36.3 Å². The van der Waals surface area contributed by atoms with Crippen molar-refractivity contribution in [3.05, 3.63) is 42.1 Å². The molecule has 0 unspecified atom stereocenters. The van der Waals surface area contributed by atoms with E-state index in [0.29, 0.717) is 17.0 Å². The van der Waals surface area contributed by atoms with E-state index in [4.69, 9.17) is 0 Å². The number of aromatic nitrogens is 2. The van der Waals surface area contributed by atoms with Crippen LogP contribution in [0.15, 0.2) is 41.6 Å². The van der Waals surface area contributed by atoms with E-state index in [1.54, 1.807) is 0 Å². The summed E-state index contributed by atoms with van der Waals surface area (Å²) in [4.78, 5) is 23.6. The summed E-state index contributed by atoms with van der Waals surface area (Å²) < 4.78 is 0. The Morgan fingerprint density at radius 3 is 2.79 bits per heavy atom. The lowest BCUT2D eigenvalue weighted by atomic mass is 10.0. The molecule has 0 bridgehead atoms. The summed E-state index contributed by atoms with van der Waals surface area (Å²) in [7, 11) is 0. The fourth-order valence-electron chi connectivity index (χ4n) is 3.04. The molecule has 1 fully saturated rings. The topological polar surface area (TPSA) is 46.1 Å². The lowest BCUT2D eigenvalue weighted by Gasteiger charge is -2.33. The van der Waals surface area contributed by atoms with Crippen LogP contribution in [0.2, 0.25) is 0 Å². The summed E-state index contributed by atoms with van der Waals surface area (Å²) in [6.07, 6.45) is 3.44. The first kappa shape index (κ1) is 17.0. The molecule has 0 aliphatic carbocycles. The fourth-order valence-corrected chi connectivity index (χ4v) is 3.83. The van der Waals surface area contributed by atoms with E-state index >= 15 is 0 Å². The van der Waals surface area contributed by atoms with Gasteiger partial charge >= 0.3 is 0 Å². The number of carbonyl (C=O) groups is 1. The molecule has 1 aromatic carbocycles. The van der Waals surface area contributed by atoms with Gasteiger partial charge in [0.1, 0.15) is 0 Å². The van der Waals surface area contributed by atoms with Gasteiger partial charge < -0.3 is 4.90 Å². The normalized spacial score (nSPS) is 17.8. The van der Waals surface area contributed by atoms with Gasteiger partial charge in [0, 0.05) is 23.8 Å². The average molecular weight is 341 g/mol. The van der Waals surface area contributed by atoms with Crippen molar-refractivity contribution in [3.8, 4) is 11.3 Å². The smallest absolute Gasteiger partial charge is 0.233 e. The first-order chi connectivity index (χ1) is 11.6. The van der Waals surface area contributed by atoms with Crippen LogP contribution in [0.3, 0.4) is 0 Å². The Labute approximate surface area is 147 Å². The van der Waals surface area contributed by atoms with Crippen molar-refractivity contribution in [2.75, 3.05) is 12.3 Å². The Kier molecular flexibility index (Phi) is 5.51. The fraction of sp³-hybridized carbons (Fsp3) is 0.421. The van der Waals surface area contributed by atoms with Crippen LogP contribution in [0.5, 0.6) is 0 Å². The highest BCUT2D eigenvalue weighted by Crippen LogP contribution is 2.23. The van der Waals surface area contributed by atoms with E-state index in [-0.39, 0.29) is 5.91 Å². The van der Waals surface area contributed by atoms with E-state index in [1.807, 2.05) is 48.2 Å². The van der Waals surface area contributed by atoms with Crippen molar-refractivity contribution in [1.82, 2.24) is 14.9 Å². The Hall–Kier alpha value is -1.88. The van der Waals surface area contributed by atoms with Crippen LogP contribution in [0, 0.1) is 6.92 Å². The molecule has 1 aliphatic heterocycles. The molecule has 1 aromatic heterocycles. The van der Waals surface area contributed by atoms with Gasteiger partial charge in [0.2, 0.25) is 5.91 Å². The van der Waals surface area contributed by atoms with Crippen LogP contribution >= 0.6 is 11.8 Å².